The van der Waals surface area contributed by atoms with Gasteiger partial charge < -0.3 is 5.32 Å². The van der Waals surface area contributed by atoms with E-state index in [9.17, 15) is 0 Å². The molecular weight excluding hydrogens is 210 g/mol. The van der Waals surface area contributed by atoms with Crippen molar-refractivity contribution < 1.29 is 0 Å². The summed E-state index contributed by atoms with van der Waals surface area (Å²) >= 11 is 0. The number of rotatable bonds is 4. The SMILES string of the molecule is CC(C)NCC=Cc1cnc2ccccc2n1. The number of aromatic nitrogens is 2. The number of fused-ring (bicyclic) bond motifs is 1. The first-order valence-electron chi connectivity index (χ1n) is 5.87. The molecule has 0 saturated carbocycles. The van der Waals surface area contributed by atoms with Crippen LogP contribution in [0, 0.1) is 0 Å². The molecule has 0 saturated heterocycles. The summed E-state index contributed by atoms with van der Waals surface area (Å²) in [7, 11) is 0. The minimum Gasteiger partial charge on any atom is -0.311 e. The van der Waals surface area contributed by atoms with Crippen LogP contribution in [0.4, 0.5) is 0 Å². The predicted octanol–water partition coefficient (Wildman–Crippen LogP) is 2.64. The van der Waals surface area contributed by atoms with Crippen LogP contribution in [0.2, 0.25) is 0 Å². The third-order valence-electron chi connectivity index (χ3n) is 2.40. The van der Waals surface area contributed by atoms with Crippen LogP contribution in [0.5, 0.6) is 0 Å². The average molecular weight is 227 g/mol. The summed E-state index contributed by atoms with van der Waals surface area (Å²) < 4.78 is 0. The zero-order chi connectivity index (χ0) is 12.1. The van der Waals surface area contributed by atoms with E-state index in [1.807, 2.05) is 30.3 Å². The third kappa shape index (κ3) is 3.36. The van der Waals surface area contributed by atoms with E-state index in [0.717, 1.165) is 23.3 Å². The Balaban J connectivity index is 2.09. The Kier molecular flexibility index (Phi) is 3.83. The van der Waals surface area contributed by atoms with Crippen LogP contribution in [0.1, 0.15) is 19.5 Å². The molecule has 0 atom stereocenters. The highest BCUT2D eigenvalue weighted by Crippen LogP contribution is 2.08. The summed E-state index contributed by atoms with van der Waals surface area (Å²) in [6.07, 6.45) is 5.86. The first-order valence-corrected chi connectivity index (χ1v) is 5.87. The number of benzene rings is 1. The lowest BCUT2D eigenvalue weighted by Gasteiger charge is -2.03. The fraction of sp³-hybridized carbons (Fsp3) is 0.286. The summed E-state index contributed by atoms with van der Waals surface area (Å²) in [5.74, 6) is 0. The maximum atomic E-state index is 4.51. The summed E-state index contributed by atoms with van der Waals surface area (Å²) in [5, 5.41) is 3.32. The van der Waals surface area contributed by atoms with Gasteiger partial charge in [-0.2, -0.15) is 0 Å². The van der Waals surface area contributed by atoms with E-state index >= 15 is 0 Å². The Bertz CT molecular complexity index is 518. The van der Waals surface area contributed by atoms with Crippen LogP contribution in [-0.4, -0.2) is 22.6 Å². The average Bonchev–Trinajstić information content (AvgIpc) is 2.34. The Morgan fingerprint density at radius 1 is 1.24 bits per heavy atom. The number of hydrogen-bond acceptors (Lipinski definition) is 3. The molecule has 0 amide bonds. The lowest BCUT2D eigenvalue weighted by atomic mass is 10.3. The second kappa shape index (κ2) is 5.55. The van der Waals surface area contributed by atoms with Crippen molar-refractivity contribution in [2.45, 2.75) is 19.9 Å². The van der Waals surface area contributed by atoms with Crippen molar-refractivity contribution >= 4 is 17.1 Å². The Hall–Kier alpha value is -1.74. The van der Waals surface area contributed by atoms with Gasteiger partial charge in [0.15, 0.2) is 0 Å². The molecule has 1 aromatic heterocycles. The molecule has 1 aromatic carbocycles. The molecule has 2 aromatic rings. The molecule has 3 nitrogen and oxygen atoms in total. The predicted molar refractivity (Wildman–Crippen MR) is 71.7 cm³/mol. The minimum atomic E-state index is 0.502. The van der Waals surface area contributed by atoms with Crippen LogP contribution >= 0.6 is 0 Å². The van der Waals surface area contributed by atoms with Gasteiger partial charge in [0.25, 0.3) is 0 Å². The maximum Gasteiger partial charge on any atom is 0.0894 e. The van der Waals surface area contributed by atoms with E-state index < -0.39 is 0 Å². The summed E-state index contributed by atoms with van der Waals surface area (Å²) in [5.41, 5.74) is 2.77. The highest BCUT2D eigenvalue weighted by Gasteiger charge is 1.95. The smallest absolute Gasteiger partial charge is 0.0894 e. The van der Waals surface area contributed by atoms with Crippen LogP contribution < -0.4 is 5.32 Å². The first kappa shape index (κ1) is 11.7. The van der Waals surface area contributed by atoms with Gasteiger partial charge in [0.05, 0.1) is 22.9 Å². The monoisotopic (exact) mass is 227 g/mol. The summed E-state index contributed by atoms with van der Waals surface area (Å²) in [4.78, 5) is 8.88. The van der Waals surface area contributed by atoms with E-state index in [2.05, 4.69) is 35.2 Å². The molecule has 0 spiro atoms. The topological polar surface area (TPSA) is 37.8 Å². The molecule has 1 N–H and O–H groups in total. The van der Waals surface area contributed by atoms with Gasteiger partial charge >= 0.3 is 0 Å². The molecular formula is C14H17N3. The van der Waals surface area contributed by atoms with Gasteiger partial charge in [-0.3, -0.25) is 4.98 Å². The standard InChI is InChI=1S/C14H17N3/c1-11(2)15-9-5-6-12-10-16-13-7-3-4-8-14(13)17-12/h3-8,10-11,15H,9H2,1-2H3. The first-order chi connectivity index (χ1) is 8.25. The van der Waals surface area contributed by atoms with E-state index in [4.69, 9.17) is 0 Å². The molecule has 88 valence electrons. The highest BCUT2D eigenvalue weighted by atomic mass is 14.9. The zero-order valence-electron chi connectivity index (χ0n) is 10.2. The van der Waals surface area contributed by atoms with Gasteiger partial charge in [-0.25, -0.2) is 4.98 Å². The van der Waals surface area contributed by atoms with Gasteiger partial charge in [0, 0.05) is 12.6 Å². The fourth-order valence-electron chi connectivity index (χ4n) is 1.54. The Morgan fingerprint density at radius 3 is 2.76 bits per heavy atom. The molecule has 3 heteroatoms. The lowest BCUT2D eigenvalue weighted by Crippen LogP contribution is -2.22. The molecule has 0 bridgehead atoms. The second-order valence-electron chi connectivity index (χ2n) is 4.25. The van der Waals surface area contributed by atoms with Gasteiger partial charge in [0.1, 0.15) is 0 Å². The number of para-hydroxylation sites is 2. The molecule has 0 aliphatic rings. The Morgan fingerprint density at radius 2 is 2.00 bits per heavy atom. The highest BCUT2D eigenvalue weighted by molar-refractivity contribution is 5.74. The molecule has 17 heavy (non-hydrogen) atoms. The van der Waals surface area contributed by atoms with Gasteiger partial charge in [0.2, 0.25) is 0 Å². The number of nitrogens with zero attached hydrogens (tertiary/aromatic N) is 2. The van der Waals surface area contributed by atoms with E-state index in [1.54, 1.807) is 6.20 Å². The largest absolute Gasteiger partial charge is 0.311 e. The number of nitrogens with one attached hydrogen (secondary N) is 1. The summed E-state index contributed by atoms with van der Waals surface area (Å²) in [6.45, 7) is 5.11. The lowest BCUT2D eigenvalue weighted by molar-refractivity contribution is 0.633. The zero-order valence-corrected chi connectivity index (χ0v) is 10.2. The second-order valence-corrected chi connectivity index (χ2v) is 4.25. The fourth-order valence-corrected chi connectivity index (χ4v) is 1.54. The van der Waals surface area contributed by atoms with E-state index in [0.29, 0.717) is 6.04 Å². The quantitative estimate of drug-likeness (QED) is 0.872. The number of hydrogen-bond donors (Lipinski definition) is 1. The van der Waals surface area contributed by atoms with Crippen molar-refractivity contribution in [1.29, 1.82) is 0 Å². The third-order valence-corrected chi connectivity index (χ3v) is 2.40. The van der Waals surface area contributed by atoms with Crippen molar-refractivity contribution in [1.82, 2.24) is 15.3 Å². The van der Waals surface area contributed by atoms with Gasteiger partial charge in [-0.1, -0.05) is 32.1 Å². The molecule has 1 heterocycles. The Labute approximate surface area is 102 Å². The van der Waals surface area contributed by atoms with Gasteiger partial charge in [-0.15, -0.1) is 0 Å². The van der Waals surface area contributed by atoms with Crippen molar-refractivity contribution in [3.8, 4) is 0 Å². The van der Waals surface area contributed by atoms with Crippen molar-refractivity contribution in [3.05, 3.63) is 42.2 Å². The van der Waals surface area contributed by atoms with Crippen LogP contribution in [0.25, 0.3) is 17.1 Å². The van der Waals surface area contributed by atoms with E-state index in [1.165, 1.54) is 0 Å². The maximum absolute atomic E-state index is 4.51. The molecule has 0 aliphatic carbocycles. The summed E-state index contributed by atoms with van der Waals surface area (Å²) in [6, 6.07) is 8.40. The molecule has 0 unspecified atom stereocenters. The molecule has 0 radical (unpaired) electrons. The molecule has 0 fully saturated rings. The van der Waals surface area contributed by atoms with Gasteiger partial charge in [-0.05, 0) is 18.2 Å². The van der Waals surface area contributed by atoms with Crippen LogP contribution in [0.15, 0.2) is 36.5 Å². The van der Waals surface area contributed by atoms with Crippen LogP contribution in [-0.2, 0) is 0 Å². The van der Waals surface area contributed by atoms with Crippen molar-refractivity contribution in [2.24, 2.45) is 0 Å². The van der Waals surface area contributed by atoms with Crippen molar-refractivity contribution in [2.75, 3.05) is 6.54 Å². The van der Waals surface area contributed by atoms with E-state index in [-0.39, 0.29) is 0 Å². The molecule has 2 rings (SSSR count). The van der Waals surface area contributed by atoms with Crippen LogP contribution in [0.3, 0.4) is 0 Å². The van der Waals surface area contributed by atoms with Crippen molar-refractivity contribution in [3.63, 3.8) is 0 Å². The molecule has 0 aliphatic heterocycles. The minimum absolute atomic E-state index is 0.502. The normalized spacial score (nSPS) is 11.7.